The van der Waals surface area contributed by atoms with Gasteiger partial charge in [0.1, 0.15) is 11.8 Å². The molecule has 0 bridgehead atoms. The number of carbonyl (C=O) groups is 2. The molecule has 0 spiro atoms. The Labute approximate surface area is 161 Å². The normalized spacial score (nSPS) is 11.6. The number of amides is 2. The molecule has 1 N–H and O–H groups in total. The highest BCUT2D eigenvalue weighted by molar-refractivity contribution is 5.87. The topological polar surface area (TPSA) is 58.6 Å². The summed E-state index contributed by atoms with van der Waals surface area (Å²) in [6, 6.07) is 15.2. The number of carbonyl (C=O) groups excluding carboxylic acids is 2. The molecule has 0 fully saturated rings. The van der Waals surface area contributed by atoms with E-state index in [1.807, 2.05) is 56.3 Å². The number of aryl methyl sites for hydroxylation is 2. The summed E-state index contributed by atoms with van der Waals surface area (Å²) in [5.74, 6) is 0.264. The number of nitrogens with zero attached hydrogens (tertiary/aromatic N) is 1. The molecule has 2 aromatic carbocycles. The summed E-state index contributed by atoms with van der Waals surface area (Å²) in [4.78, 5) is 26.5. The predicted octanol–water partition coefficient (Wildman–Crippen LogP) is 2.89. The highest BCUT2D eigenvalue weighted by Crippen LogP contribution is 2.16. The van der Waals surface area contributed by atoms with Crippen molar-refractivity contribution in [1.29, 1.82) is 0 Å². The lowest BCUT2D eigenvalue weighted by Crippen LogP contribution is -2.49. The van der Waals surface area contributed by atoms with Gasteiger partial charge in [-0.3, -0.25) is 9.59 Å². The molecule has 0 radical (unpaired) electrons. The Morgan fingerprint density at radius 1 is 1.07 bits per heavy atom. The van der Waals surface area contributed by atoms with Crippen LogP contribution in [-0.2, 0) is 16.0 Å². The van der Waals surface area contributed by atoms with Gasteiger partial charge in [0.25, 0.3) is 5.91 Å². The third-order valence-corrected chi connectivity index (χ3v) is 4.46. The highest BCUT2D eigenvalue weighted by atomic mass is 16.5. The molecule has 2 amide bonds. The third-order valence-electron chi connectivity index (χ3n) is 4.46. The molecule has 0 saturated carbocycles. The lowest BCUT2D eigenvalue weighted by Gasteiger charge is -2.28. The Hall–Kier alpha value is -2.82. The quantitative estimate of drug-likeness (QED) is 0.779. The largest absolute Gasteiger partial charge is 0.484 e. The fourth-order valence-electron chi connectivity index (χ4n) is 3.02. The second-order valence-electron chi connectivity index (χ2n) is 6.73. The van der Waals surface area contributed by atoms with Gasteiger partial charge in [-0.15, -0.1) is 0 Å². The predicted molar refractivity (Wildman–Crippen MR) is 107 cm³/mol. The van der Waals surface area contributed by atoms with Gasteiger partial charge < -0.3 is 15.0 Å². The molecule has 0 aliphatic rings. The van der Waals surface area contributed by atoms with Crippen LogP contribution >= 0.6 is 0 Å². The van der Waals surface area contributed by atoms with Crippen LogP contribution in [0, 0.1) is 13.8 Å². The van der Waals surface area contributed by atoms with Gasteiger partial charge in [-0.1, -0.05) is 36.4 Å². The van der Waals surface area contributed by atoms with Gasteiger partial charge in [-0.2, -0.15) is 0 Å². The van der Waals surface area contributed by atoms with E-state index >= 15 is 0 Å². The van der Waals surface area contributed by atoms with Crippen LogP contribution < -0.4 is 10.1 Å². The van der Waals surface area contributed by atoms with Gasteiger partial charge in [0, 0.05) is 13.6 Å². The monoisotopic (exact) mass is 368 g/mol. The van der Waals surface area contributed by atoms with Crippen molar-refractivity contribution in [2.45, 2.75) is 33.2 Å². The molecule has 144 valence electrons. The van der Waals surface area contributed by atoms with Crippen molar-refractivity contribution in [3.63, 3.8) is 0 Å². The number of nitrogens with one attached hydrogen (secondary N) is 1. The Balaban J connectivity index is 2.06. The van der Waals surface area contributed by atoms with E-state index in [0.29, 0.717) is 18.7 Å². The van der Waals surface area contributed by atoms with Crippen molar-refractivity contribution < 1.29 is 14.3 Å². The molecular formula is C22H28N2O3. The number of hydrogen-bond acceptors (Lipinski definition) is 3. The van der Waals surface area contributed by atoms with E-state index in [2.05, 4.69) is 11.4 Å². The number of hydrogen-bond donors (Lipinski definition) is 1. The van der Waals surface area contributed by atoms with Crippen molar-refractivity contribution in [3.05, 3.63) is 65.2 Å². The first-order valence-corrected chi connectivity index (χ1v) is 9.16. The minimum Gasteiger partial charge on any atom is -0.484 e. The minimum atomic E-state index is -0.561. The number of likely N-dealkylation sites (N-methyl/N-ethyl adjacent to an activating group) is 1. The summed E-state index contributed by atoms with van der Waals surface area (Å²) in [6.45, 7) is 6.06. The Kier molecular flexibility index (Phi) is 7.41. The SMILES string of the molecule is CNC(=O)[C@@H](C)N(CCc1ccccc1)C(=O)COc1cc(C)cc(C)c1. The summed E-state index contributed by atoms with van der Waals surface area (Å²) >= 11 is 0. The van der Waals surface area contributed by atoms with Gasteiger partial charge in [-0.05, 0) is 56.0 Å². The van der Waals surface area contributed by atoms with Crippen LogP contribution in [0.1, 0.15) is 23.6 Å². The first kappa shape index (κ1) is 20.5. The second-order valence-corrected chi connectivity index (χ2v) is 6.73. The summed E-state index contributed by atoms with van der Waals surface area (Å²) < 4.78 is 5.70. The maximum Gasteiger partial charge on any atom is 0.261 e. The third kappa shape index (κ3) is 6.13. The molecule has 1 atom stereocenters. The van der Waals surface area contributed by atoms with Gasteiger partial charge in [0.05, 0.1) is 0 Å². The van der Waals surface area contributed by atoms with Crippen LogP contribution in [0.15, 0.2) is 48.5 Å². The smallest absolute Gasteiger partial charge is 0.261 e. The zero-order valence-corrected chi connectivity index (χ0v) is 16.5. The Morgan fingerprint density at radius 3 is 2.30 bits per heavy atom. The van der Waals surface area contributed by atoms with Crippen molar-refractivity contribution >= 4 is 11.8 Å². The minimum absolute atomic E-state index is 0.0982. The van der Waals surface area contributed by atoms with E-state index in [0.717, 1.165) is 16.7 Å². The van der Waals surface area contributed by atoms with E-state index in [4.69, 9.17) is 4.74 Å². The first-order chi connectivity index (χ1) is 12.9. The average Bonchev–Trinajstić information content (AvgIpc) is 2.65. The molecule has 27 heavy (non-hydrogen) atoms. The van der Waals surface area contributed by atoms with E-state index in [-0.39, 0.29) is 18.4 Å². The zero-order valence-electron chi connectivity index (χ0n) is 16.5. The fourth-order valence-corrected chi connectivity index (χ4v) is 3.02. The second kappa shape index (κ2) is 9.76. The lowest BCUT2D eigenvalue weighted by atomic mass is 10.1. The average molecular weight is 368 g/mol. The molecule has 0 aromatic heterocycles. The summed E-state index contributed by atoms with van der Waals surface area (Å²) in [5, 5.41) is 2.61. The first-order valence-electron chi connectivity index (χ1n) is 9.16. The van der Waals surface area contributed by atoms with Crippen LogP contribution in [-0.4, -0.2) is 43.0 Å². The molecule has 2 rings (SSSR count). The standard InChI is InChI=1S/C22H28N2O3/c1-16-12-17(2)14-20(13-16)27-15-21(25)24(18(3)22(26)23-4)11-10-19-8-6-5-7-9-19/h5-9,12-14,18H,10-11,15H2,1-4H3,(H,23,26)/t18-/m1/s1. The molecule has 2 aromatic rings. The van der Waals surface area contributed by atoms with Crippen LogP contribution in [0.25, 0.3) is 0 Å². The maximum atomic E-state index is 12.8. The van der Waals surface area contributed by atoms with E-state index in [1.54, 1.807) is 18.9 Å². The number of benzene rings is 2. The van der Waals surface area contributed by atoms with Crippen molar-refractivity contribution in [1.82, 2.24) is 10.2 Å². The summed E-state index contributed by atoms with van der Waals surface area (Å²) in [7, 11) is 1.57. The summed E-state index contributed by atoms with van der Waals surface area (Å²) in [5.41, 5.74) is 3.28. The van der Waals surface area contributed by atoms with Gasteiger partial charge >= 0.3 is 0 Å². The molecule has 0 unspecified atom stereocenters. The maximum absolute atomic E-state index is 12.8. The zero-order chi connectivity index (χ0) is 19.8. The molecule has 0 aliphatic carbocycles. The van der Waals surface area contributed by atoms with Crippen LogP contribution in [0.5, 0.6) is 5.75 Å². The summed E-state index contributed by atoms with van der Waals surface area (Å²) in [6.07, 6.45) is 0.678. The Bertz CT molecular complexity index is 754. The van der Waals surface area contributed by atoms with E-state index in [1.165, 1.54) is 0 Å². The molecule has 5 nitrogen and oxygen atoms in total. The molecule has 0 aliphatic heterocycles. The number of ether oxygens (including phenoxy) is 1. The van der Waals surface area contributed by atoms with Crippen molar-refractivity contribution in [3.8, 4) is 5.75 Å². The molecule has 0 saturated heterocycles. The lowest BCUT2D eigenvalue weighted by molar-refractivity contribution is -0.141. The molecule has 5 heteroatoms. The van der Waals surface area contributed by atoms with E-state index in [9.17, 15) is 9.59 Å². The Morgan fingerprint density at radius 2 is 1.70 bits per heavy atom. The van der Waals surface area contributed by atoms with Crippen LogP contribution in [0.4, 0.5) is 0 Å². The van der Waals surface area contributed by atoms with Crippen molar-refractivity contribution in [2.75, 3.05) is 20.2 Å². The van der Waals surface area contributed by atoms with Gasteiger partial charge in [-0.25, -0.2) is 0 Å². The highest BCUT2D eigenvalue weighted by Gasteiger charge is 2.25. The fraction of sp³-hybridized carbons (Fsp3) is 0.364. The van der Waals surface area contributed by atoms with Crippen molar-refractivity contribution in [2.24, 2.45) is 0 Å². The van der Waals surface area contributed by atoms with Gasteiger partial charge in [0.2, 0.25) is 5.91 Å². The van der Waals surface area contributed by atoms with Crippen LogP contribution in [0.2, 0.25) is 0 Å². The molecule has 0 heterocycles. The van der Waals surface area contributed by atoms with Crippen LogP contribution in [0.3, 0.4) is 0 Å². The van der Waals surface area contributed by atoms with E-state index < -0.39 is 6.04 Å². The number of rotatable bonds is 8. The molecular weight excluding hydrogens is 340 g/mol. The van der Waals surface area contributed by atoms with Gasteiger partial charge in [0.15, 0.2) is 6.61 Å².